The summed E-state index contributed by atoms with van der Waals surface area (Å²) in [4.78, 5) is 2.19. The largest absolute Gasteiger partial charge is 0.305 e. The summed E-state index contributed by atoms with van der Waals surface area (Å²) in [7, 11) is 2.05. The second-order valence-corrected chi connectivity index (χ2v) is 2.38. The van der Waals surface area contributed by atoms with Crippen molar-refractivity contribution in [3.63, 3.8) is 0 Å². The summed E-state index contributed by atoms with van der Waals surface area (Å²) in [5, 5.41) is 8.41. The first-order valence-corrected chi connectivity index (χ1v) is 4.25. The topological polar surface area (TPSA) is 27.0 Å². The van der Waals surface area contributed by atoms with E-state index in [0.29, 0.717) is 5.92 Å². The van der Waals surface area contributed by atoms with Crippen molar-refractivity contribution in [3.8, 4) is 6.07 Å². The smallest absolute Gasteiger partial charge is 0.0669 e. The molecule has 58 valence electrons. The van der Waals surface area contributed by atoms with Gasteiger partial charge < -0.3 is 4.90 Å². The van der Waals surface area contributed by atoms with Crippen molar-refractivity contribution in [3.05, 3.63) is 0 Å². The molecule has 0 aromatic heterocycles. The normalized spacial score (nSPS) is 24.8. The average Bonchev–Trinajstić information content (AvgIpc) is 2.40. The van der Waals surface area contributed by atoms with Gasteiger partial charge in [0.25, 0.3) is 0 Å². The summed E-state index contributed by atoms with van der Waals surface area (Å²) in [5.74, 6) is 0.306. The fourth-order valence-corrected chi connectivity index (χ4v) is 1.04. The molecule has 1 unspecified atom stereocenters. The van der Waals surface area contributed by atoms with E-state index in [2.05, 4.69) is 30.6 Å². The lowest BCUT2D eigenvalue weighted by atomic mass is 10.1. The van der Waals surface area contributed by atoms with Crippen LogP contribution in [0.15, 0.2) is 0 Å². The molecule has 2 nitrogen and oxygen atoms in total. The summed E-state index contributed by atoms with van der Waals surface area (Å²) in [6.07, 6.45) is 2.76. The van der Waals surface area contributed by atoms with Gasteiger partial charge in [0.2, 0.25) is 0 Å². The molecule has 3 heteroatoms. The van der Waals surface area contributed by atoms with Crippen LogP contribution in [0, 0.1) is 17.2 Å². The standard InChI is InChI=1S/C6H10N2.CH4S/c1-8-3-2-6(4-7)5-8;1-2/h6H,2-3,5H2,1H3;2H,1H3. The summed E-state index contributed by atoms with van der Waals surface area (Å²) in [6, 6.07) is 2.25. The fraction of sp³-hybridized carbons (Fsp3) is 0.857. The monoisotopic (exact) mass is 158 g/mol. The Hall–Kier alpha value is -0.200. The number of hydrogen-bond acceptors (Lipinski definition) is 3. The molecule has 0 bridgehead atoms. The number of thiol groups is 1. The second kappa shape index (κ2) is 5.57. The van der Waals surface area contributed by atoms with Gasteiger partial charge in [0.1, 0.15) is 0 Å². The van der Waals surface area contributed by atoms with Crippen molar-refractivity contribution in [2.24, 2.45) is 5.92 Å². The van der Waals surface area contributed by atoms with Crippen LogP contribution in [0.1, 0.15) is 6.42 Å². The van der Waals surface area contributed by atoms with Gasteiger partial charge in [-0.1, -0.05) is 0 Å². The van der Waals surface area contributed by atoms with Crippen LogP contribution in [0.5, 0.6) is 0 Å². The molecular weight excluding hydrogens is 144 g/mol. The third-order valence-corrected chi connectivity index (χ3v) is 1.57. The van der Waals surface area contributed by atoms with Gasteiger partial charge in [-0.15, -0.1) is 0 Å². The fourth-order valence-electron chi connectivity index (χ4n) is 1.04. The zero-order chi connectivity index (χ0) is 7.98. The van der Waals surface area contributed by atoms with E-state index in [1.54, 1.807) is 6.26 Å². The van der Waals surface area contributed by atoms with Crippen molar-refractivity contribution in [2.45, 2.75) is 6.42 Å². The van der Waals surface area contributed by atoms with Gasteiger partial charge in [-0.05, 0) is 26.3 Å². The van der Waals surface area contributed by atoms with Gasteiger partial charge in [0.05, 0.1) is 12.0 Å². The van der Waals surface area contributed by atoms with Crippen LogP contribution >= 0.6 is 12.6 Å². The Morgan fingerprint density at radius 3 is 2.40 bits per heavy atom. The predicted octanol–water partition coefficient (Wildman–Crippen LogP) is 1.01. The lowest BCUT2D eigenvalue weighted by molar-refractivity contribution is 0.409. The van der Waals surface area contributed by atoms with Gasteiger partial charge in [0.15, 0.2) is 0 Å². The maximum absolute atomic E-state index is 8.41. The number of nitrogens with zero attached hydrogens (tertiary/aromatic N) is 2. The highest BCUT2D eigenvalue weighted by Gasteiger charge is 2.17. The number of nitriles is 1. The van der Waals surface area contributed by atoms with E-state index in [9.17, 15) is 0 Å². The van der Waals surface area contributed by atoms with Crippen LogP contribution in [-0.2, 0) is 0 Å². The minimum atomic E-state index is 0.306. The molecule has 1 aliphatic heterocycles. The molecular formula is C7H14N2S. The Labute approximate surface area is 68.2 Å². The molecule has 1 saturated heterocycles. The quantitative estimate of drug-likeness (QED) is 0.533. The molecule has 0 radical (unpaired) electrons. The van der Waals surface area contributed by atoms with Crippen LogP contribution in [0.2, 0.25) is 0 Å². The molecule has 0 saturated carbocycles. The summed E-state index contributed by atoms with van der Waals surface area (Å²) in [5.41, 5.74) is 0. The highest BCUT2D eigenvalue weighted by molar-refractivity contribution is 7.79. The van der Waals surface area contributed by atoms with Crippen LogP contribution in [0.3, 0.4) is 0 Å². The first-order valence-electron chi connectivity index (χ1n) is 3.36. The Balaban J connectivity index is 0.000000371. The van der Waals surface area contributed by atoms with E-state index in [1.807, 2.05) is 0 Å². The van der Waals surface area contributed by atoms with E-state index in [1.165, 1.54) is 0 Å². The minimum Gasteiger partial charge on any atom is -0.305 e. The summed E-state index contributed by atoms with van der Waals surface area (Å²) in [6.45, 7) is 2.06. The molecule has 1 fully saturated rings. The number of rotatable bonds is 0. The SMILES string of the molecule is CN1CCC(C#N)C1.CS. The zero-order valence-corrected chi connectivity index (χ0v) is 7.43. The van der Waals surface area contributed by atoms with Crippen molar-refractivity contribution >= 4 is 12.6 Å². The first kappa shape index (κ1) is 9.80. The van der Waals surface area contributed by atoms with Crippen LogP contribution in [0.25, 0.3) is 0 Å². The van der Waals surface area contributed by atoms with Crippen molar-refractivity contribution in [1.82, 2.24) is 4.90 Å². The molecule has 0 spiro atoms. The maximum atomic E-state index is 8.41. The molecule has 0 aromatic carbocycles. The Morgan fingerprint density at radius 1 is 1.60 bits per heavy atom. The summed E-state index contributed by atoms with van der Waals surface area (Å²) >= 11 is 3.53. The van der Waals surface area contributed by atoms with E-state index >= 15 is 0 Å². The lowest BCUT2D eigenvalue weighted by Crippen LogP contribution is -2.13. The molecule has 1 aliphatic rings. The van der Waals surface area contributed by atoms with Gasteiger partial charge >= 0.3 is 0 Å². The zero-order valence-electron chi connectivity index (χ0n) is 6.54. The highest BCUT2D eigenvalue weighted by atomic mass is 32.1. The molecule has 10 heavy (non-hydrogen) atoms. The Bertz CT molecular complexity index is 119. The third kappa shape index (κ3) is 3.09. The lowest BCUT2D eigenvalue weighted by Gasteiger charge is -2.02. The first-order chi connectivity index (χ1) is 4.83. The Kier molecular flexibility index (Phi) is 5.46. The average molecular weight is 158 g/mol. The second-order valence-electron chi connectivity index (χ2n) is 2.38. The predicted molar refractivity (Wildman–Crippen MR) is 46.1 cm³/mol. The van der Waals surface area contributed by atoms with E-state index in [-0.39, 0.29) is 0 Å². The number of hydrogen-bond donors (Lipinski definition) is 1. The van der Waals surface area contributed by atoms with Gasteiger partial charge in [-0.2, -0.15) is 17.9 Å². The summed E-state index contributed by atoms with van der Waals surface area (Å²) < 4.78 is 0. The Morgan fingerprint density at radius 2 is 2.20 bits per heavy atom. The molecule has 1 atom stereocenters. The van der Waals surface area contributed by atoms with Crippen LogP contribution in [0.4, 0.5) is 0 Å². The van der Waals surface area contributed by atoms with Crippen molar-refractivity contribution in [2.75, 3.05) is 26.4 Å². The molecule has 1 rings (SSSR count). The highest BCUT2D eigenvalue weighted by Crippen LogP contribution is 2.11. The molecule has 1 heterocycles. The van der Waals surface area contributed by atoms with Gasteiger partial charge in [-0.3, -0.25) is 0 Å². The molecule has 0 aromatic rings. The van der Waals surface area contributed by atoms with Crippen LogP contribution in [-0.4, -0.2) is 31.3 Å². The molecule has 0 N–H and O–H groups in total. The minimum absolute atomic E-state index is 0.306. The van der Waals surface area contributed by atoms with E-state index < -0.39 is 0 Å². The van der Waals surface area contributed by atoms with Gasteiger partial charge in [0, 0.05) is 6.54 Å². The van der Waals surface area contributed by atoms with Crippen molar-refractivity contribution in [1.29, 1.82) is 5.26 Å². The van der Waals surface area contributed by atoms with Crippen molar-refractivity contribution < 1.29 is 0 Å². The number of likely N-dealkylation sites (tertiary alicyclic amines) is 1. The van der Waals surface area contributed by atoms with Crippen LogP contribution < -0.4 is 0 Å². The maximum Gasteiger partial charge on any atom is 0.0669 e. The van der Waals surface area contributed by atoms with Gasteiger partial charge in [-0.25, -0.2) is 0 Å². The van der Waals surface area contributed by atoms with E-state index in [0.717, 1.165) is 19.5 Å². The third-order valence-electron chi connectivity index (χ3n) is 1.57. The molecule has 0 aliphatic carbocycles. The van der Waals surface area contributed by atoms with E-state index in [4.69, 9.17) is 5.26 Å². The molecule has 0 amide bonds.